The molecule has 1 spiro atoms. The molecule has 0 radical (unpaired) electrons. The Labute approximate surface area is 165 Å². The third kappa shape index (κ3) is 3.13. The molecule has 2 saturated heterocycles. The van der Waals surface area contributed by atoms with Gasteiger partial charge in [0.05, 0.1) is 11.5 Å². The number of amides is 2. The zero-order valence-corrected chi connectivity index (χ0v) is 16.1. The van der Waals surface area contributed by atoms with Crippen LogP contribution in [0.5, 0.6) is 0 Å². The van der Waals surface area contributed by atoms with Gasteiger partial charge in [-0.2, -0.15) is 0 Å². The molecule has 1 atom stereocenters. The fraction of sp³-hybridized carbons (Fsp3) is 0.478. The molecule has 3 fully saturated rings. The number of aromatic nitrogens is 1. The normalized spacial score (nSPS) is 24.6. The van der Waals surface area contributed by atoms with E-state index in [1.807, 2.05) is 29.2 Å². The predicted octanol–water partition coefficient (Wildman–Crippen LogP) is 3.42. The fourth-order valence-corrected chi connectivity index (χ4v) is 5.05. The van der Waals surface area contributed by atoms with Gasteiger partial charge in [0, 0.05) is 38.1 Å². The Balaban J connectivity index is 1.35. The number of benzene rings is 1. The van der Waals surface area contributed by atoms with Crippen molar-refractivity contribution >= 4 is 11.8 Å². The van der Waals surface area contributed by atoms with Crippen LogP contribution in [0.25, 0.3) is 0 Å². The molecular weight excluding hydrogens is 350 g/mol. The third-order valence-corrected chi connectivity index (χ3v) is 6.87. The van der Waals surface area contributed by atoms with Crippen molar-refractivity contribution in [2.24, 2.45) is 5.41 Å². The van der Waals surface area contributed by atoms with Crippen LogP contribution >= 0.6 is 0 Å². The molecule has 2 aliphatic heterocycles. The highest BCUT2D eigenvalue weighted by Crippen LogP contribution is 2.48. The standard InChI is InChI=1S/C23H27N3O2/c27-21(18-8-11-24-15-18)25-12-9-23(10-13-25)14-20(17-4-2-1-3-5-17)22(28)26(16-23)19-6-7-19/h1-5,8,11,15,19-20,24H,6-7,9-10,12-14,16H2. The van der Waals surface area contributed by atoms with E-state index >= 15 is 0 Å². The topological polar surface area (TPSA) is 56.4 Å². The van der Waals surface area contributed by atoms with Crippen LogP contribution in [0.3, 0.4) is 0 Å². The third-order valence-electron chi connectivity index (χ3n) is 6.87. The van der Waals surface area contributed by atoms with Crippen LogP contribution in [0.15, 0.2) is 48.8 Å². The molecule has 1 aromatic heterocycles. The molecule has 1 unspecified atom stereocenters. The van der Waals surface area contributed by atoms with Gasteiger partial charge in [0.25, 0.3) is 5.91 Å². The summed E-state index contributed by atoms with van der Waals surface area (Å²) in [5.41, 5.74) is 2.01. The van der Waals surface area contributed by atoms with Crippen LogP contribution in [-0.2, 0) is 4.79 Å². The van der Waals surface area contributed by atoms with E-state index in [0.717, 1.165) is 62.9 Å². The largest absolute Gasteiger partial charge is 0.367 e. The highest BCUT2D eigenvalue weighted by molar-refractivity contribution is 5.94. The highest BCUT2D eigenvalue weighted by atomic mass is 16.2. The van der Waals surface area contributed by atoms with Gasteiger partial charge in [-0.25, -0.2) is 0 Å². The summed E-state index contributed by atoms with van der Waals surface area (Å²) in [6.07, 6.45) is 8.70. The molecule has 5 nitrogen and oxygen atoms in total. The zero-order chi connectivity index (χ0) is 19.1. The molecule has 28 heavy (non-hydrogen) atoms. The van der Waals surface area contributed by atoms with E-state index in [4.69, 9.17) is 0 Å². The Kier molecular flexibility index (Phi) is 4.26. The number of carbonyl (C=O) groups excluding carboxylic acids is 2. The van der Waals surface area contributed by atoms with Crippen molar-refractivity contribution in [2.45, 2.75) is 44.1 Å². The van der Waals surface area contributed by atoms with E-state index in [9.17, 15) is 9.59 Å². The van der Waals surface area contributed by atoms with Gasteiger partial charge in [-0.05, 0) is 49.1 Å². The van der Waals surface area contributed by atoms with E-state index < -0.39 is 0 Å². The molecular formula is C23H27N3O2. The fourth-order valence-electron chi connectivity index (χ4n) is 5.05. The number of rotatable bonds is 3. The molecule has 5 rings (SSSR count). The molecule has 0 bridgehead atoms. The lowest BCUT2D eigenvalue weighted by molar-refractivity contribution is -0.142. The van der Waals surface area contributed by atoms with Crippen LogP contribution in [0.4, 0.5) is 0 Å². The average molecular weight is 377 g/mol. The summed E-state index contributed by atoms with van der Waals surface area (Å²) in [4.78, 5) is 33.0. The van der Waals surface area contributed by atoms with Crippen molar-refractivity contribution in [3.63, 3.8) is 0 Å². The maximum Gasteiger partial charge on any atom is 0.255 e. The van der Waals surface area contributed by atoms with Crippen LogP contribution < -0.4 is 0 Å². The van der Waals surface area contributed by atoms with Gasteiger partial charge < -0.3 is 14.8 Å². The van der Waals surface area contributed by atoms with Crippen molar-refractivity contribution in [1.29, 1.82) is 0 Å². The van der Waals surface area contributed by atoms with Gasteiger partial charge in [-0.15, -0.1) is 0 Å². The quantitative estimate of drug-likeness (QED) is 0.891. The minimum Gasteiger partial charge on any atom is -0.367 e. The SMILES string of the molecule is O=C(c1cc[nH]c1)N1CCC2(CC1)CC(c1ccccc1)C(=O)N(C1CC1)C2. The molecule has 2 amide bonds. The highest BCUT2D eigenvalue weighted by Gasteiger charge is 2.49. The lowest BCUT2D eigenvalue weighted by atomic mass is 9.67. The van der Waals surface area contributed by atoms with Crippen LogP contribution in [0.2, 0.25) is 0 Å². The average Bonchev–Trinajstić information content (AvgIpc) is 3.43. The molecule has 146 valence electrons. The Morgan fingerprint density at radius 2 is 1.82 bits per heavy atom. The van der Waals surface area contributed by atoms with Gasteiger partial charge in [-0.3, -0.25) is 9.59 Å². The predicted molar refractivity (Wildman–Crippen MR) is 107 cm³/mol. The lowest BCUT2D eigenvalue weighted by Gasteiger charge is -2.50. The maximum absolute atomic E-state index is 13.2. The second-order valence-corrected chi connectivity index (χ2v) is 8.76. The Hall–Kier alpha value is -2.56. The minimum absolute atomic E-state index is 0.0394. The van der Waals surface area contributed by atoms with Crippen LogP contribution in [0, 0.1) is 5.41 Å². The Morgan fingerprint density at radius 1 is 1.07 bits per heavy atom. The number of aromatic amines is 1. The Morgan fingerprint density at radius 3 is 2.46 bits per heavy atom. The van der Waals surface area contributed by atoms with E-state index in [1.165, 1.54) is 0 Å². The Bertz CT molecular complexity index is 849. The number of hydrogen-bond acceptors (Lipinski definition) is 2. The monoisotopic (exact) mass is 377 g/mol. The van der Waals surface area contributed by atoms with Gasteiger partial charge in [-0.1, -0.05) is 30.3 Å². The van der Waals surface area contributed by atoms with E-state index in [2.05, 4.69) is 22.0 Å². The molecule has 3 heterocycles. The van der Waals surface area contributed by atoms with Gasteiger partial charge >= 0.3 is 0 Å². The summed E-state index contributed by atoms with van der Waals surface area (Å²) in [5, 5.41) is 0. The molecule has 1 aliphatic carbocycles. The maximum atomic E-state index is 13.2. The number of nitrogens with one attached hydrogen (secondary N) is 1. The molecule has 1 saturated carbocycles. The van der Waals surface area contributed by atoms with Crippen molar-refractivity contribution in [3.05, 3.63) is 59.9 Å². The smallest absolute Gasteiger partial charge is 0.255 e. The molecule has 1 aromatic carbocycles. The zero-order valence-electron chi connectivity index (χ0n) is 16.1. The number of likely N-dealkylation sites (tertiary alicyclic amines) is 2. The van der Waals surface area contributed by atoms with E-state index in [1.54, 1.807) is 12.4 Å². The number of hydrogen-bond donors (Lipinski definition) is 1. The van der Waals surface area contributed by atoms with Gasteiger partial charge in [0.1, 0.15) is 0 Å². The lowest BCUT2D eigenvalue weighted by Crippen LogP contribution is -2.55. The first-order chi connectivity index (χ1) is 13.7. The molecule has 2 aromatic rings. The van der Waals surface area contributed by atoms with E-state index in [-0.39, 0.29) is 17.2 Å². The summed E-state index contributed by atoms with van der Waals surface area (Å²) in [7, 11) is 0. The number of carbonyl (C=O) groups is 2. The summed E-state index contributed by atoms with van der Waals surface area (Å²) in [6, 6.07) is 12.5. The number of piperidine rings is 2. The first-order valence-corrected chi connectivity index (χ1v) is 10.4. The molecule has 1 N–H and O–H groups in total. The molecule has 3 aliphatic rings. The summed E-state index contributed by atoms with van der Waals surface area (Å²) < 4.78 is 0. The van der Waals surface area contributed by atoms with Crippen LogP contribution in [-0.4, -0.2) is 52.3 Å². The summed E-state index contributed by atoms with van der Waals surface area (Å²) >= 11 is 0. The second-order valence-electron chi connectivity index (χ2n) is 8.76. The van der Waals surface area contributed by atoms with Crippen molar-refractivity contribution in [1.82, 2.24) is 14.8 Å². The van der Waals surface area contributed by atoms with Crippen molar-refractivity contribution in [2.75, 3.05) is 19.6 Å². The number of H-pyrrole nitrogens is 1. The van der Waals surface area contributed by atoms with Crippen molar-refractivity contribution < 1.29 is 9.59 Å². The second kappa shape index (κ2) is 6.80. The number of nitrogens with zero attached hydrogens (tertiary/aromatic N) is 2. The summed E-state index contributed by atoms with van der Waals surface area (Å²) in [6.45, 7) is 2.42. The first kappa shape index (κ1) is 17.5. The van der Waals surface area contributed by atoms with Gasteiger partial charge in [0.15, 0.2) is 0 Å². The van der Waals surface area contributed by atoms with Crippen LogP contribution in [0.1, 0.15) is 53.9 Å². The molecule has 5 heteroatoms. The minimum atomic E-state index is -0.0394. The first-order valence-electron chi connectivity index (χ1n) is 10.4. The van der Waals surface area contributed by atoms with Gasteiger partial charge in [0.2, 0.25) is 5.91 Å². The van der Waals surface area contributed by atoms with Crippen molar-refractivity contribution in [3.8, 4) is 0 Å². The summed E-state index contributed by atoms with van der Waals surface area (Å²) in [5.74, 6) is 0.384. The van der Waals surface area contributed by atoms with E-state index in [0.29, 0.717) is 11.9 Å².